The van der Waals surface area contributed by atoms with E-state index in [1.165, 1.54) is 19.4 Å². The van der Waals surface area contributed by atoms with Gasteiger partial charge in [0.25, 0.3) is 0 Å². The van der Waals surface area contributed by atoms with Gasteiger partial charge in [0.05, 0.1) is 6.61 Å². The summed E-state index contributed by atoms with van der Waals surface area (Å²) >= 11 is 0. The van der Waals surface area contributed by atoms with Gasteiger partial charge in [-0.3, -0.25) is 4.90 Å². The Labute approximate surface area is 113 Å². The van der Waals surface area contributed by atoms with Gasteiger partial charge in [-0.25, -0.2) is 0 Å². The molecule has 3 nitrogen and oxygen atoms in total. The number of nitrogens with zero attached hydrogens (tertiary/aromatic N) is 1. The second kappa shape index (κ2) is 8.89. The van der Waals surface area contributed by atoms with E-state index in [1.807, 2.05) is 0 Å². The van der Waals surface area contributed by atoms with Crippen LogP contribution in [0.2, 0.25) is 0 Å². The lowest BCUT2D eigenvalue weighted by molar-refractivity contribution is 0.0562. The van der Waals surface area contributed by atoms with Gasteiger partial charge >= 0.3 is 0 Å². The molecular weight excluding hydrogens is 224 g/mol. The summed E-state index contributed by atoms with van der Waals surface area (Å²) in [6.45, 7) is 15.5. The molecule has 18 heavy (non-hydrogen) atoms. The fraction of sp³-hybridized carbons (Fsp3) is 1.00. The van der Waals surface area contributed by atoms with Crippen LogP contribution in [-0.2, 0) is 4.74 Å². The van der Waals surface area contributed by atoms with Crippen molar-refractivity contribution in [2.24, 2.45) is 11.8 Å². The first kappa shape index (κ1) is 15.9. The number of ether oxygens (including phenoxy) is 1. The fourth-order valence-corrected chi connectivity index (χ4v) is 2.48. The molecule has 1 N–H and O–H groups in total. The molecule has 2 unspecified atom stereocenters. The van der Waals surface area contributed by atoms with Crippen LogP contribution >= 0.6 is 0 Å². The molecular formula is C15H32N2O. The molecule has 3 heteroatoms. The molecule has 0 bridgehead atoms. The largest absolute Gasteiger partial charge is 0.380 e. The number of nitrogens with one attached hydrogen (secondary N) is 1. The molecule has 0 aliphatic carbocycles. The zero-order valence-electron chi connectivity index (χ0n) is 12.7. The maximum atomic E-state index is 5.75. The van der Waals surface area contributed by atoms with Gasteiger partial charge in [-0.05, 0) is 18.3 Å². The number of piperazine rings is 1. The SMILES string of the molecule is CCC(C)C1CNCCN1CCOCCC(C)C. The zero-order valence-corrected chi connectivity index (χ0v) is 12.7. The molecule has 2 atom stereocenters. The van der Waals surface area contributed by atoms with E-state index in [0.29, 0.717) is 6.04 Å². The quantitative estimate of drug-likeness (QED) is 0.675. The zero-order chi connectivity index (χ0) is 13.4. The summed E-state index contributed by atoms with van der Waals surface area (Å²) in [6, 6.07) is 0.692. The Morgan fingerprint density at radius 3 is 2.72 bits per heavy atom. The third kappa shape index (κ3) is 5.68. The highest BCUT2D eigenvalue weighted by molar-refractivity contribution is 4.83. The van der Waals surface area contributed by atoms with Crippen LogP contribution in [0.15, 0.2) is 0 Å². The molecule has 1 saturated heterocycles. The lowest BCUT2D eigenvalue weighted by atomic mass is 9.96. The van der Waals surface area contributed by atoms with Crippen molar-refractivity contribution in [3.8, 4) is 0 Å². The maximum absolute atomic E-state index is 5.75. The van der Waals surface area contributed by atoms with E-state index in [4.69, 9.17) is 4.74 Å². The summed E-state index contributed by atoms with van der Waals surface area (Å²) in [5.74, 6) is 1.52. The molecule has 0 aromatic carbocycles. The lowest BCUT2D eigenvalue weighted by Gasteiger charge is -2.39. The Morgan fingerprint density at radius 1 is 1.28 bits per heavy atom. The van der Waals surface area contributed by atoms with Crippen molar-refractivity contribution in [2.75, 3.05) is 39.4 Å². The fourth-order valence-electron chi connectivity index (χ4n) is 2.48. The van der Waals surface area contributed by atoms with Gasteiger partial charge in [0.2, 0.25) is 0 Å². The van der Waals surface area contributed by atoms with Crippen molar-refractivity contribution in [3.63, 3.8) is 0 Å². The number of hydrogen-bond donors (Lipinski definition) is 1. The third-order valence-electron chi connectivity index (χ3n) is 4.06. The second-order valence-electron chi connectivity index (χ2n) is 5.99. The van der Waals surface area contributed by atoms with Crippen molar-refractivity contribution in [1.82, 2.24) is 10.2 Å². The summed E-state index contributed by atoms with van der Waals surface area (Å²) < 4.78 is 5.75. The highest BCUT2D eigenvalue weighted by Crippen LogP contribution is 2.16. The topological polar surface area (TPSA) is 24.5 Å². The van der Waals surface area contributed by atoms with E-state index >= 15 is 0 Å². The monoisotopic (exact) mass is 256 g/mol. The average Bonchev–Trinajstić information content (AvgIpc) is 2.37. The summed E-state index contributed by atoms with van der Waals surface area (Å²) in [5.41, 5.74) is 0. The minimum Gasteiger partial charge on any atom is -0.380 e. The molecule has 0 aromatic heterocycles. The molecule has 0 saturated carbocycles. The molecule has 1 aliphatic heterocycles. The number of rotatable bonds is 8. The molecule has 0 amide bonds. The third-order valence-corrected chi connectivity index (χ3v) is 4.06. The van der Waals surface area contributed by atoms with E-state index in [0.717, 1.165) is 44.7 Å². The normalized spacial score (nSPS) is 23.5. The van der Waals surface area contributed by atoms with Gasteiger partial charge in [-0.2, -0.15) is 0 Å². The van der Waals surface area contributed by atoms with Crippen LogP contribution in [0.5, 0.6) is 0 Å². The van der Waals surface area contributed by atoms with Crippen LogP contribution < -0.4 is 5.32 Å². The Bertz CT molecular complexity index is 209. The van der Waals surface area contributed by atoms with Crippen molar-refractivity contribution >= 4 is 0 Å². The molecule has 1 aliphatic rings. The van der Waals surface area contributed by atoms with Gasteiger partial charge < -0.3 is 10.1 Å². The summed E-state index contributed by atoms with van der Waals surface area (Å²) in [4.78, 5) is 2.61. The Morgan fingerprint density at radius 2 is 2.06 bits per heavy atom. The van der Waals surface area contributed by atoms with Crippen molar-refractivity contribution in [2.45, 2.75) is 46.6 Å². The summed E-state index contributed by atoms with van der Waals surface area (Å²) in [6.07, 6.45) is 2.44. The standard InChI is InChI=1S/C15H32N2O/c1-5-14(4)15-12-16-7-8-17(15)9-11-18-10-6-13(2)3/h13-16H,5-12H2,1-4H3. The molecule has 0 aromatic rings. The summed E-state index contributed by atoms with van der Waals surface area (Å²) in [5, 5.41) is 3.51. The maximum Gasteiger partial charge on any atom is 0.0593 e. The second-order valence-corrected chi connectivity index (χ2v) is 5.99. The van der Waals surface area contributed by atoms with Crippen LogP contribution in [0.1, 0.15) is 40.5 Å². The van der Waals surface area contributed by atoms with Crippen molar-refractivity contribution < 1.29 is 4.74 Å². The van der Waals surface area contributed by atoms with E-state index in [-0.39, 0.29) is 0 Å². The highest BCUT2D eigenvalue weighted by atomic mass is 16.5. The predicted octanol–water partition coefficient (Wildman–Crippen LogP) is 2.37. The van der Waals surface area contributed by atoms with Crippen LogP contribution in [0.4, 0.5) is 0 Å². The van der Waals surface area contributed by atoms with Crippen molar-refractivity contribution in [1.29, 1.82) is 0 Å². The highest BCUT2D eigenvalue weighted by Gasteiger charge is 2.25. The number of hydrogen-bond acceptors (Lipinski definition) is 3. The van der Waals surface area contributed by atoms with Crippen LogP contribution in [-0.4, -0.2) is 50.3 Å². The molecule has 1 fully saturated rings. The van der Waals surface area contributed by atoms with Crippen LogP contribution in [0, 0.1) is 11.8 Å². The minimum absolute atomic E-state index is 0.692. The van der Waals surface area contributed by atoms with E-state index in [2.05, 4.69) is 37.9 Å². The smallest absolute Gasteiger partial charge is 0.0593 e. The van der Waals surface area contributed by atoms with Gasteiger partial charge in [0.15, 0.2) is 0 Å². The minimum atomic E-state index is 0.692. The Kier molecular flexibility index (Phi) is 7.87. The van der Waals surface area contributed by atoms with Gasteiger partial charge in [0, 0.05) is 38.8 Å². The average molecular weight is 256 g/mol. The molecule has 0 radical (unpaired) electrons. The molecule has 1 heterocycles. The van der Waals surface area contributed by atoms with Crippen LogP contribution in [0.3, 0.4) is 0 Å². The van der Waals surface area contributed by atoms with E-state index in [9.17, 15) is 0 Å². The first-order valence-electron chi connectivity index (χ1n) is 7.67. The Balaban J connectivity index is 2.21. The summed E-state index contributed by atoms with van der Waals surface area (Å²) in [7, 11) is 0. The van der Waals surface area contributed by atoms with Crippen LogP contribution in [0.25, 0.3) is 0 Å². The van der Waals surface area contributed by atoms with Gasteiger partial charge in [-0.1, -0.05) is 34.1 Å². The molecule has 0 spiro atoms. The Hall–Kier alpha value is -0.120. The van der Waals surface area contributed by atoms with Crippen molar-refractivity contribution in [3.05, 3.63) is 0 Å². The molecule has 108 valence electrons. The van der Waals surface area contributed by atoms with Gasteiger partial charge in [0.1, 0.15) is 0 Å². The molecule has 1 rings (SSSR count). The van der Waals surface area contributed by atoms with Gasteiger partial charge in [-0.15, -0.1) is 0 Å². The predicted molar refractivity (Wildman–Crippen MR) is 78.0 cm³/mol. The lowest BCUT2D eigenvalue weighted by Crippen LogP contribution is -2.54. The van der Waals surface area contributed by atoms with E-state index < -0.39 is 0 Å². The first-order valence-corrected chi connectivity index (χ1v) is 7.67. The van der Waals surface area contributed by atoms with E-state index in [1.54, 1.807) is 0 Å². The first-order chi connectivity index (χ1) is 8.65.